The van der Waals surface area contributed by atoms with Crippen molar-refractivity contribution in [1.82, 2.24) is 4.98 Å². The minimum absolute atomic E-state index is 0.101. The van der Waals surface area contributed by atoms with Gasteiger partial charge in [0.05, 0.1) is 15.7 Å². The topological polar surface area (TPSA) is 42.0 Å². The minimum atomic E-state index is -0.101. The molecule has 25 heavy (non-hydrogen) atoms. The Bertz CT molecular complexity index is 1020. The quantitative estimate of drug-likeness (QED) is 0.557. The van der Waals surface area contributed by atoms with Crippen molar-refractivity contribution in [2.24, 2.45) is 0 Å². The summed E-state index contributed by atoms with van der Waals surface area (Å²) >= 11 is 1.54. The van der Waals surface area contributed by atoms with Crippen LogP contribution >= 0.6 is 11.3 Å². The molecule has 0 saturated heterocycles. The van der Waals surface area contributed by atoms with Crippen LogP contribution < -0.4 is 5.32 Å². The van der Waals surface area contributed by atoms with Gasteiger partial charge in [-0.15, -0.1) is 11.3 Å². The van der Waals surface area contributed by atoms with Crippen LogP contribution in [-0.4, -0.2) is 10.9 Å². The lowest BCUT2D eigenvalue weighted by Crippen LogP contribution is -2.13. The molecule has 122 valence electrons. The van der Waals surface area contributed by atoms with Gasteiger partial charge in [0.25, 0.3) is 5.91 Å². The monoisotopic (exact) mass is 344 g/mol. The van der Waals surface area contributed by atoms with E-state index in [1.165, 1.54) is 16.9 Å². The molecular formula is C21H16N2OS. The van der Waals surface area contributed by atoms with Crippen LogP contribution in [-0.2, 0) is 6.42 Å². The fourth-order valence-electron chi connectivity index (χ4n) is 2.80. The highest BCUT2D eigenvalue weighted by molar-refractivity contribution is 7.16. The zero-order valence-electron chi connectivity index (χ0n) is 13.5. The standard InChI is InChI=1S/C21H16N2OS/c24-21(17-10-11-19-20(13-17)25-14-22-19)23-18-9-5-4-8-16(18)12-15-6-2-1-3-7-15/h1-11,13-14H,12H2,(H,23,24). The second-order valence-corrected chi connectivity index (χ2v) is 6.69. The lowest BCUT2D eigenvalue weighted by Gasteiger charge is -2.11. The Morgan fingerprint density at radius 3 is 2.64 bits per heavy atom. The Kier molecular flexibility index (Phi) is 4.27. The van der Waals surface area contributed by atoms with Crippen molar-refractivity contribution in [3.05, 3.63) is 95.0 Å². The molecule has 1 heterocycles. The van der Waals surface area contributed by atoms with Crippen molar-refractivity contribution < 1.29 is 4.79 Å². The van der Waals surface area contributed by atoms with Crippen LogP contribution in [0, 0.1) is 0 Å². The smallest absolute Gasteiger partial charge is 0.255 e. The van der Waals surface area contributed by atoms with Crippen LogP contribution in [0.3, 0.4) is 0 Å². The number of fused-ring (bicyclic) bond motifs is 1. The van der Waals surface area contributed by atoms with Gasteiger partial charge < -0.3 is 5.32 Å². The molecule has 0 radical (unpaired) electrons. The van der Waals surface area contributed by atoms with Gasteiger partial charge in [0, 0.05) is 11.3 Å². The molecule has 0 bridgehead atoms. The van der Waals surface area contributed by atoms with E-state index in [1.54, 1.807) is 5.51 Å². The molecule has 0 aliphatic rings. The molecule has 0 unspecified atom stereocenters. The summed E-state index contributed by atoms with van der Waals surface area (Å²) in [5, 5.41) is 3.05. The number of nitrogens with zero attached hydrogens (tertiary/aromatic N) is 1. The summed E-state index contributed by atoms with van der Waals surface area (Å²) in [5.74, 6) is -0.101. The molecular weight excluding hydrogens is 328 g/mol. The number of benzene rings is 3. The summed E-state index contributed by atoms with van der Waals surface area (Å²) in [5.41, 5.74) is 6.52. The maximum Gasteiger partial charge on any atom is 0.255 e. The van der Waals surface area contributed by atoms with Gasteiger partial charge in [-0.05, 0) is 41.8 Å². The lowest BCUT2D eigenvalue weighted by atomic mass is 10.0. The van der Waals surface area contributed by atoms with Crippen LogP contribution in [0.25, 0.3) is 10.2 Å². The Morgan fingerprint density at radius 2 is 1.76 bits per heavy atom. The van der Waals surface area contributed by atoms with E-state index in [-0.39, 0.29) is 5.91 Å². The van der Waals surface area contributed by atoms with Crippen molar-refractivity contribution in [3.8, 4) is 0 Å². The maximum atomic E-state index is 12.7. The van der Waals surface area contributed by atoms with Crippen molar-refractivity contribution in [2.45, 2.75) is 6.42 Å². The number of amides is 1. The molecule has 0 aliphatic carbocycles. The lowest BCUT2D eigenvalue weighted by molar-refractivity contribution is 0.102. The molecule has 4 heteroatoms. The molecule has 4 aromatic rings. The van der Waals surface area contributed by atoms with Gasteiger partial charge in [0.15, 0.2) is 0 Å². The summed E-state index contributed by atoms with van der Waals surface area (Å²) in [6.45, 7) is 0. The summed E-state index contributed by atoms with van der Waals surface area (Å²) in [7, 11) is 0. The van der Waals surface area contributed by atoms with Crippen LogP contribution in [0.5, 0.6) is 0 Å². The van der Waals surface area contributed by atoms with Crippen molar-refractivity contribution in [3.63, 3.8) is 0 Å². The van der Waals surface area contributed by atoms with E-state index < -0.39 is 0 Å². The number of nitrogens with one attached hydrogen (secondary N) is 1. The normalized spacial score (nSPS) is 10.7. The first kappa shape index (κ1) is 15.5. The zero-order chi connectivity index (χ0) is 17.1. The number of anilines is 1. The van der Waals surface area contributed by atoms with Gasteiger partial charge >= 0.3 is 0 Å². The van der Waals surface area contributed by atoms with E-state index in [0.717, 1.165) is 27.9 Å². The van der Waals surface area contributed by atoms with Gasteiger partial charge in [0.1, 0.15) is 0 Å². The van der Waals surface area contributed by atoms with Crippen molar-refractivity contribution in [1.29, 1.82) is 0 Å². The minimum Gasteiger partial charge on any atom is -0.322 e. The summed E-state index contributed by atoms with van der Waals surface area (Å²) in [4.78, 5) is 16.9. The third-order valence-corrected chi connectivity index (χ3v) is 4.89. The Morgan fingerprint density at radius 1 is 0.960 bits per heavy atom. The fraction of sp³-hybridized carbons (Fsp3) is 0.0476. The van der Waals surface area contributed by atoms with Gasteiger partial charge in [-0.25, -0.2) is 4.98 Å². The Labute approximate surface area is 150 Å². The van der Waals surface area contributed by atoms with Crippen LogP contribution in [0.4, 0.5) is 5.69 Å². The molecule has 0 spiro atoms. The van der Waals surface area contributed by atoms with Gasteiger partial charge in [-0.3, -0.25) is 4.79 Å². The number of hydrogen-bond donors (Lipinski definition) is 1. The van der Waals surface area contributed by atoms with E-state index in [9.17, 15) is 4.79 Å². The number of carbonyl (C=O) groups is 1. The molecule has 1 N–H and O–H groups in total. The second kappa shape index (κ2) is 6.87. The zero-order valence-corrected chi connectivity index (χ0v) is 14.3. The predicted molar refractivity (Wildman–Crippen MR) is 103 cm³/mol. The predicted octanol–water partition coefficient (Wildman–Crippen LogP) is 5.14. The molecule has 0 fully saturated rings. The van der Waals surface area contributed by atoms with Gasteiger partial charge in [-0.2, -0.15) is 0 Å². The Balaban J connectivity index is 1.58. The second-order valence-electron chi connectivity index (χ2n) is 5.81. The molecule has 3 nitrogen and oxygen atoms in total. The van der Waals surface area contributed by atoms with E-state index in [1.807, 2.05) is 54.6 Å². The third kappa shape index (κ3) is 3.44. The third-order valence-electron chi connectivity index (χ3n) is 4.10. The van der Waals surface area contributed by atoms with Crippen molar-refractivity contribution in [2.75, 3.05) is 5.32 Å². The SMILES string of the molecule is O=C(Nc1ccccc1Cc1ccccc1)c1ccc2ncsc2c1. The molecule has 1 aromatic heterocycles. The highest BCUT2D eigenvalue weighted by atomic mass is 32.1. The largest absolute Gasteiger partial charge is 0.322 e. The fourth-order valence-corrected chi connectivity index (χ4v) is 3.52. The first-order valence-corrected chi connectivity index (χ1v) is 8.94. The highest BCUT2D eigenvalue weighted by Crippen LogP contribution is 2.22. The summed E-state index contributed by atoms with van der Waals surface area (Å²) in [6.07, 6.45) is 0.783. The number of para-hydroxylation sites is 1. The maximum absolute atomic E-state index is 12.7. The number of hydrogen-bond acceptors (Lipinski definition) is 3. The summed E-state index contributed by atoms with van der Waals surface area (Å²) < 4.78 is 1.02. The van der Waals surface area contributed by atoms with E-state index in [2.05, 4.69) is 28.5 Å². The molecule has 1 amide bonds. The van der Waals surface area contributed by atoms with E-state index in [4.69, 9.17) is 0 Å². The van der Waals surface area contributed by atoms with Crippen molar-refractivity contribution >= 4 is 33.1 Å². The van der Waals surface area contributed by atoms with E-state index >= 15 is 0 Å². The summed E-state index contributed by atoms with van der Waals surface area (Å²) in [6, 6.07) is 23.8. The molecule has 3 aromatic carbocycles. The first-order chi connectivity index (χ1) is 12.3. The Hall–Kier alpha value is -2.98. The molecule has 0 saturated carbocycles. The van der Waals surface area contributed by atoms with Crippen LogP contribution in [0.2, 0.25) is 0 Å². The number of aromatic nitrogens is 1. The first-order valence-electron chi connectivity index (χ1n) is 8.06. The number of rotatable bonds is 4. The number of carbonyl (C=O) groups excluding carboxylic acids is 1. The van der Waals surface area contributed by atoms with Crippen LogP contribution in [0.1, 0.15) is 21.5 Å². The molecule has 0 atom stereocenters. The molecule has 0 aliphatic heterocycles. The number of thiazole rings is 1. The van der Waals surface area contributed by atoms with Gasteiger partial charge in [0.2, 0.25) is 0 Å². The molecule has 4 rings (SSSR count). The average molecular weight is 344 g/mol. The average Bonchev–Trinajstić information content (AvgIpc) is 3.12. The highest BCUT2D eigenvalue weighted by Gasteiger charge is 2.10. The van der Waals surface area contributed by atoms with E-state index in [0.29, 0.717) is 5.56 Å². The van der Waals surface area contributed by atoms with Gasteiger partial charge in [-0.1, -0.05) is 48.5 Å². The van der Waals surface area contributed by atoms with Crippen LogP contribution in [0.15, 0.2) is 78.3 Å².